The highest BCUT2D eigenvalue weighted by atomic mass is 31.2. The van der Waals surface area contributed by atoms with Gasteiger partial charge >= 0.3 is 0 Å². The first-order chi connectivity index (χ1) is 14.8. The first-order valence-electron chi connectivity index (χ1n) is 10.0. The summed E-state index contributed by atoms with van der Waals surface area (Å²) in [6.45, 7) is -1.76. The van der Waals surface area contributed by atoms with Gasteiger partial charge in [-0.3, -0.25) is 4.79 Å². The van der Waals surface area contributed by atoms with Crippen LogP contribution in [0, 0.1) is 0 Å². The topological polar surface area (TPSA) is 29.1 Å². The Morgan fingerprint density at radius 3 is 1.37 bits per heavy atom. The van der Waals surface area contributed by atoms with Gasteiger partial charge in [0.1, 0.15) is 0 Å². The maximum absolute atomic E-state index is 13.2. The van der Waals surface area contributed by atoms with Gasteiger partial charge in [-0.25, -0.2) is 0 Å². The second-order valence-electron chi connectivity index (χ2n) is 7.06. The average Bonchev–Trinajstić information content (AvgIpc) is 2.83. The summed E-state index contributed by atoms with van der Waals surface area (Å²) in [5.74, 6) is 1.87. The Balaban J connectivity index is 1.86. The van der Waals surface area contributed by atoms with Crippen molar-refractivity contribution in [3.8, 4) is 0 Å². The molecule has 0 unspecified atom stereocenters. The lowest BCUT2D eigenvalue weighted by Crippen LogP contribution is -2.32. The van der Waals surface area contributed by atoms with Crippen LogP contribution in [0.25, 0.3) is 0 Å². The highest BCUT2D eigenvalue weighted by Gasteiger charge is 2.26. The quantitative estimate of drug-likeness (QED) is 0.478. The van der Waals surface area contributed by atoms with Crippen LogP contribution < -0.4 is 21.2 Å². The molecule has 0 atom stereocenters. The molecule has 0 aromatic heterocycles. The van der Waals surface area contributed by atoms with Crippen LogP contribution in [0.4, 0.5) is 0 Å². The number of hydrogen-bond acceptors (Lipinski definition) is 1. The van der Waals surface area contributed by atoms with Gasteiger partial charge in [-0.1, -0.05) is 121 Å². The first kappa shape index (κ1) is 19.9. The summed E-state index contributed by atoms with van der Waals surface area (Å²) in [5, 5.41) is 6.59. The summed E-state index contributed by atoms with van der Waals surface area (Å²) in [6.07, 6.45) is 0. The number of hydrogen-bond donors (Lipinski definition) is 1. The molecule has 0 spiro atoms. The molecular weight excluding hydrogens is 385 g/mol. The maximum Gasteiger partial charge on any atom is 0.245 e. The smallest absolute Gasteiger partial charge is 0.245 e. The van der Waals surface area contributed by atoms with E-state index in [-0.39, 0.29) is 5.91 Å². The summed E-state index contributed by atoms with van der Waals surface area (Å²) in [6, 6.07) is 41.1. The minimum absolute atomic E-state index is 0.0521. The van der Waals surface area contributed by atoms with E-state index >= 15 is 0 Å². The minimum Gasteiger partial charge on any atom is -0.348 e. The van der Waals surface area contributed by atoms with Crippen molar-refractivity contribution in [2.45, 2.75) is 6.54 Å². The molecule has 1 N–H and O–H groups in total. The number of rotatable bonds is 6. The van der Waals surface area contributed by atoms with Crippen LogP contribution in [0.1, 0.15) is 5.56 Å². The van der Waals surface area contributed by atoms with E-state index in [9.17, 15) is 4.79 Å². The highest BCUT2D eigenvalue weighted by molar-refractivity contribution is 7.95. The van der Waals surface area contributed by atoms with E-state index in [2.05, 4.69) is 41.7 Å². The van der Waals surface area contributed by atoms with Crippen LogP contribution >= 0.6 is 6.89 Å². The molecule has 0 aliphatic heterocycles. The van der Waals surface area contributed by atoms with Crippen LogP contribution in [-0.2, 0) is 11.3 Å². The lowest BCUT2D eigenvalue weighted by molar-refractivity contribution is -0.114. The van der Waals surface area contributed by atoms with Gasteiger partial charge in [-0.2, -0.15) is 0 Å². The summed E-state index contributed by atoms with van der Waals surface area (Å²) in [4.78, 5) is 13.2. The molecular formula is C27H24NOP. The number of carbonyl (C=O) groups excluding carboxylic acids is 1. The van der Waals surface area contributed by atoms with E-state index in [4.69, 9.17) is 0 Å². The molecule has 148 valence electrons. The lowest BCUT2D eigenvalue weighted by Gasteiger charge is -2.28. The van der Waals surface area contributed by atoms with Crippen molar-refractivity contribution in [1.82, 2.24) is 5.32 Å². The number of carbonyl (C=O) groups is 1. The van der Waals surface area contributed by atoms with Gasteiger partial charge in [-0.05, 0) is 28.4 Å². The molecule has 30 heavy (non-hydrogen) atoms. The average molecular weight is 409 g/mol. The standard InChI is InChI=1S/C27H24NOP/c29-27(28-21-23-13-5-1-6-14-23)22-30(24-15-7-2-8-16-24,25-17-9-3-10-18-25)26-19-11-4-12-20-26/h1-20,22H,21H2,(H,28,29). The first-order valence-corrected chi connectivity index (χ1v) is 11.9. The van der Waals surface area contributed by atoms with Gasteiger partial charge in [0.25, 0.3) is 0 Å². The Hall–Kier alpha value is -3.35. The Morgan fingerprint density at radius 1 is 0.600 bits per heavy atom. The minimum atomic E-state index is -2.27. The van der Waals surface area contributed by atoms with Gasteiger partial charge in [0.2, 0.25) is 5.91 Å². The molecule has 0 fully saturated rings. The number of benzene rings is 4. The van der Waals surface area contributed by atoms with E-state index in [1.165, 1.54) is 0 Å². The van der Waals surface area contributed by atoms with E-state index in [1.54, 1.807) is 0 Å². The lowest BCUT2D eigenvalue weighted by atomic mass is 10.2. The van der Waals surface area contributed by atoms with E-state index in [1.807, 2.05) is 90.7 Å². The summed E-state index contributed by atoms with van der Waals surface area (Å²) >= 11 is 0. The van der Waals surface area contributed by atoms with E-state index in [0.29, 0.717) is 6.54 Å². The third-order valence-electron chi connectivity index (χ3n) is 5.11. The molecule has 0 radical (unpaired) electrons. The molecule has 4 rings (SSSR count). The van der Waals surface area contributed by atoms with Crippen molar-refractivity contribution in [3.63, 3.8) is 0 Å². The van der Waals surface area contributed by atoms with E-state index in [0.717, 1.165) is 21.5 Å². The van der Waals surface area contributed by atoms with Crippen molar-refractivity contribution in [2.24, 2.45) is 0 Å². The second kappa shape index (κ2) is 9.43. The van der Waals surface area contributed by atoms with Crippen molar-refractivity contribution < 1.29 is 4.79 Å². The second-order valence-corrected chi connectivity index (χ2v) is 10.3. The van der Waals surface area contributed by atoms with Crippen LogP contribution in [-0.4, -0.2) is 11.7 Å². The zero-order valence-corrected chi connectivity index (χ0v) is 17.6. The molecule has 0 aliphatic rings. The fourth-order valence-corrected chi connectivity index (χ4v) is 7.38. The fourth-order valence-electron chi connectivity index (χ4n) is 3.67. The zero-order chi connectivity index (χ0) is 20.7. The van der Waals surface area contributed by atoms with Crippen LogP contribution in [0.3, 0.4) is 0 Å². The molecule has 0 heterocycles. The third kappa shape index (κ3) is 4.30. The molecule has 0 aliphatic carbocycles. The van der Waals surface area contributed by atoms with Gasteiger partial charge in [-0.15, -0.1) is 0 Å². The van der Waals surface area contributed by atoms with Crippen LogP contribution in [0.15, 0.2) is 121 Å². The monoisotopic (exact) mass is 409 g/mol. The Bertz CT molecular complexity index is 1040. The third-order valence-corrected chi connectivity index (χ3v) is 9.07. The SMILES string of the molecule is O=C(C=P(c1ccccc1)(c1ccccc1)c1ccccc1)NCc1ccccc1. The molecule has 4 aromatic carbocycles. The normalized spacial score (nSPS) is 10.9. The van der Waals surface area contributed by atoms with Crippen molar-refractivity contribution in [1.29, 1.82) is 0 Å². The van der Waals surface area contributed by atoms with Gasteiger partial charge in [0, 0.05) is 12.3 Å². The molecule has 0 saturated carbocycles. The van der Waals surface area contributed by atoms with Crippen LogP contribution in [0.5, 0.6) is 0 Å². The Labute approximate surface area is 178 Å². The molecule has 0 saturated heterocycles. The zero-order valence-electron chi connectivity index (χ0n) is 16.7. The van der Waals surface area contributed by atoms with Gasteiger partial charge < -0.3 is 5.32 Å². The fraction of sp³-hybridized carbons (Fsp3) is 0.0370. The molecule has 3 heteroatoms. The molecule has 2 nitrogen and oxygen atoms in total. The van der Waals surface area contributed by atoms with Gasteiger partial charge in [0.05, 0.1) is 0 Å². The number of nitrogens with one attached hydrogen (secondary N) is 1. The van der Waals surface area contributed by atoms with Crippen molar-refractivity contribution >= 4 is 34.5 Å². The molecule has 1 amide bonds. The predicted octanol–water partition coefficient (Wildman–Crippen LogP) is 4.10. The van der Waals surface area contributed by atoms with Crippen molar-refractivity contribution in [2.75, 3.05) is 0 Å². The van der Waals surface area contributed by atoms with Gasteiger partial charge in [0.15, 0.2) is 0 Å². The predicted molar refractivity (Wildman–Crippen MR) is 130 cm³/mol. The number of amides is 1. The van der Waals surface area contributed by atoms with Crippen molar-refractivity contribution in [3.05, 3.63) is 127 Å². The Kier molecular flexibility index (Phi) is 6.27. The summed E-state index contributed by atoms with van der Waals surface area (Å²) in [7, 11) is 0. The summed E-state index contributed by atoms with van der Waals surface area (Å²) in [5.41, 5.74) is 1.09. The Morgan fingerprint density at radius 2 is 0.967 bits per heavy atom. The molecule has 4 aromatic rings. The van der Waals surface area contributed by atoms with E-state index < -0.39 is 6.89 Å². The highest BCUT2D eigenvalue weighted by Crippen LogP contribution is 2.43. The summed E-state index contributed by atoms with van der Waals surface area (Å²) < 4.78 is 0. The maximum atomic E-state index is 13.2. The largest absolute Gasteiger partial charge is 0.348 e. The molecule has 0 bridgehead atoms. The van der Waals surface area contributed by atoms with Crippen LogP contribution in [0.2, 0.25) is 0 Å².